The fourth-order valence-corrected chi connectivity index (χ4v) is 5.59. The summed E-state index contributed by atoms with van der Waals surface area (Å²) in [6, 6.07) is 8.75. The van der Waals surface area contributed by atoms with Gasteiger partial charge in [-0.2, -0.15) is 0 Å². The van der Waals surface area contributed by atoms with Crippen molar-refractivity contribution < 1.29 is 23.7 Å². The van der Waals surface area contributed by atoms with Gasteiger partial charge in [0.25, 0.3) is 5.56 Å². The number of hydrogen-bond acceptors (Lipinski definition) is 8. The normalized spacial score (nSPS) is 14.9. The molecule has 0 saturated heterocycles. The first-order valence-electron chi connectivity index (χ1n) is 12.9. The molecule has 39 heavy (non-hydrogen) atoms. The number of benzene rings is 2. The van der Waals surface area contributed by atoms with Gasteiger partial charge in [-0.3, -0.25) is 9.36 Å². The smallest absolute Gasteiger partial charge is 0.337 e. The predicted octanol–water partition coefficient (Wildman–Crippen LogP) is 4.26. The Morgan fingerprint density at radius 1 is 1.08 bits per heavy atom. The monoisotopic (exact) mass is 550 g/mol. The van der Waals surface area contributed by atoms with Gasteiger partial charge in [-0.25, -0.2) is 9.79 Å². The van der Waals surface area contributed by atoms with E-state index in [1.54, 1.807) is 23.8 Å². The molecule has 4 rings (SSSR count). The topological polar surface area (TPSA) is 88.4 Å². The molecule has 0 amide bonds. The molecule has 3 aromatic rings. The van der Waals surface area contributed by atoms with E-state index in [4.69, 9.17) is 18.9 Å². The van der Waals surface area contributed by atoms with Gasteiger partial charge in [0.1, 0.15) is 5.75 Å². The molecule has 0 unspecified atom stereocenters. The van der Waals surface area contributed by atoms with E-state index in [-0.39, 0.29) is 17.1 Å². The van der Waals surface area contributed by atoms with Crippen molar-refractivity contribution in [2.45, 2.75) is 46.6 Å². The number of nitrogens with zero attached hydrogens (tertiary/aromatic N) is 2. The highest BCUT2D eigenvalue weighted by atomic mass is 32.1. The fourth-order valence-electron chi connectivity index (χ4n) is 4.63. The van der Waals surface area contributed by atoms with Crippen LogP contribution in [0, 0.1) is 6.92 Å². The first kappa shape index (κ1) is 28.2. The Hall–Kier alpha value is -3.85. The molecule has 1 atom stereocenters. The second-order valence-electron chi connectivity index (χ2n) is 9.35. The van der Waals surface area contributed by atoms with E-state index in [1.807, 2.05) is 39.0 Å². The molecule has 2 aromatic carbocycles. The Bertz CT molecular complexity index is 1600. The van der Waals surface area contributed by atoms with Gasteiger partial charge in [0, 0.05) is 6.20 Å². The Balaban J connectivity index is 1.92. The van der Waals surface area contributed by atoms with Crippen LogP contribution in [0.3, 0.4) is 0 Å². The average molecular weight is 551 g/mol. The quantitative estimate of drug-likeness (QED) is 0.370. The summed E-state index contributed by atoms with van der Waals surface area (Å²) in [5.41, 5.74) is 3.67. The maximum Gasteiger partial charge on any atom is 0.337 e. The van der Waals surface area contributed by atoms with E-state index in [9.17, 15) is 9.59 Å². The molecule has 8 nitrogen and oxygen atoms in total. The first-order chi connectivity index (χ1) is 18.7. The number of thiazole rings is 1. The third-order valence-electron chi connectivity index (χ3n) is 6.54. The number of esters is 1. The van der Waals surface area contributed by atoms with Crippen molar-refractivity contribution in [1.82, 2.24) is 4.57 Å². The summed E-state index contributed by atoms with van der Waals surface area (Å²) in [5, 5.41) is 0. The molecule has 2 heterocycles. The van der Waals surface area contributed by atoms with Crippen LogP contribution in [0.25, 0.3) is 6.08 Å². The van der Waals surface area contributed by atoms with Crippen LogP contribution in [0.5, 0.6) is 17.2 Å². The van der Waals surface area contributed by atoms with Gasteiger partial charge in [-0.15, -0.1) is 0 Å². The number of carbonyl (C=O) groups is 1. The summed E-state index contributed by atoms with van der Waals surface area (Å²) in [6.07, 6.45) is 3.37. The average Bonchev–Trinajstić information content (AvgIpc) is 3.24. The Labute approximate surface area is 231 Å². The summed E-state index contributed by atoms with van der Waals surface area (Å²) in [4.78, 5) is 31.7. The van der Waals surface area contributed by atoms with Gasteiger partial charge in [0.2, 0.25) is 0 Å². The highest BCUT2D eigenvalue weighted by Gasteiger charge is 2.31. The van der Waals surface area contributed by atoms with Crippen molar-refractivity contribution in [1.29, 1.82) is 0 Å². The number of methoxy groups -OCH3 is 2. The van der Waals surface area contributed by atoms with Gasteiger partial charge in [0.05, 0.1) is 43.6 Å². The number of fused-ring (bicyclic) bond motifs is 1. The summed E-state index contributed by atoms with van der Waals surface area (Å²) in [6.45, 7) is 10.9. The van der Waals surface area contributed by atoms with Gasteiger partial charge < -0.3 is 18.9 Å². The number of aryl methyl sites for hydroxylation is 1. The van der Waals surface area contributed by atoms with E-state index in [0.717, 1.165) is 22.4 Å². The molecule has 206 valence electrons. The van der Waals surface area contributed by atoms with E-state index in [0.29, 0.717) is 39.6 Å². The standard InChI is InChI=1S/C30H34N2O6S/c1-8-37-23-11-10-19(14-25(23)38-9-2)27-22(29(34)36-7)16-31-30-32(27)28(33)26(39-30)15-20-13-21(17(3)4)24(35-6)12-18(20)5/h10-17,27H,8-9H2,1-7H3/b26-15-/t27-/m0/s1. The second-order valence-corrected chi connectivity index (χ2v) is 10.4. The number of rotatable bonds is 9. The van der Waals surface area contributed by atoms with E-state index in [2.05, 4.69) is 24.9 Å². The second kappa shape index (κ2) is 11.9. The first-order valence-corrected chi connectivity index (χ1v) is 13.7. The maximum absolute atomic E-state index is 13.9. The predicted molar refractivity (Wildman–Crippen MR) is 152 cm³/mol. The SMILES string of the molecule is CCOc1ccc([C@H]2C(C(=O)OC)=CN=c3s/c(=C\c4cc(C(C)C)c(OC)cc4C)c(=O)n32)cc1OCC. The lowest BCUT2D eigenvalue weighted by Gasteiger charge is -2.23. The highest BCUT2D eigenvalue weighted by Crippen LogP contribution is 2.35. The minimum Gasteiger partial charge on any atom is -0.496 e. The molecule has 1 aliphatic rings. The fraction of sp³-hybridized carbons (Fsp3) is 0.367. The largest absolute Gasteiger partial charge is 0.496 e. The maximum atomic E-state index is 13.9. The van der Waals surface area contributed by atoms with E-state index >= 15 is 0 Å². The Kier molecular flexibility index (Phi) is 8.60. The van der Waals surface area contributed by atoms with Gasteiger partial charge >= 0.3 is 5.97 Å². The zero-order valence-corrected chi connectivity index (χ0v) is 24.2. The van der Waals surface area contributed by atoms with Crippen molar-refractivity contribution in [3.63, 3.8) is 0 Å². The van der Waals surface area contributed by atoms with Crippen LogP contribution in [0.15, 0.2) is 51.9 Å². The number of ether oxygens (including phenoxy) is 4. The van der Waals surface area contributed by atoms with Crippen LogP contribution >= 0.6 is 11.3 Å². The zero-order chi connectivity index (χ0) is 28.3. The molecule has 0 N–H and O–H groups in total. The van der Waals surface area contributed by atoms with E-state index < -0.39 is 12.0 Å². The van der Waals surface area contributed by atoms with Gasteiger partial charge in [0.15, 0.2) is 16.3 Å². The minimum absolute atomic E-state index is 0.244. The minimum atomic E-state index is -0.742. The Morgan fingerprint density at radius 3 is 2.44 bits per heavy atom. The molecule has 0 bridgehead atoms. The van der Waals surface area contributed by atoms with Crippen LogP contribution in [-0.2, 0) is 9.53 Å². The molecular formula is C30H34N2O6S. The number of carbonyl (C=O) groups excluding carboxylic acids is 1. The molecule has 9 heteroatoms. The van der Waals surface area contributed by atoms with Gasteiger partial charge in [-0.1, -0.05) is 31.3 Å². The zero-order valence-electron chi connectivity index (χ0n) is 23.4. The van der Waals surface area contributed by atoms with Crippen LogP contribution < -0.4 is 29.1 Å². The van der Waals surface area contributed by atoms with Crippen LogP contribution in [0.1, 0.15) is 61.9 Å². The molecule has 1 aromatic heterocycles. The number of aromatic nitrogens is 1. The van der Waals surface area contributed by atoms with Crippen molar-refractivity contribution in [2.75, 3.05) is 27.4 Å². The molecule has 0 aliphatic carbocycles. The van der Waals surface area contributed by atoms with Crippen molar-refractivity contribution >= 4 is 23.4 Å². The third kappa shape index (κ3) is 5.49. The number of hydrogen-bond donors (Lipinski definition) is 0. The van der Waals surface area contributed by atoms with Crippen molar-refractivity contribution in [3.05, 3.63) is 84.0 Å². The van der Waals surface area contributed by atoms with Crippen molar-refractivity contribution in [2.24, 2.45) is 4.99 Å². The lowest BCUT2D eigenvalue weighted by molar-refractivity contribution is -0.136. The van der Waals surface area contributed by atoms with Crippen molar-refractivity contribution in [3.8, 4) is 17.2 Å². The van der Waals surface area contributed by atoms with Crippen LogP contribution in [0.4, 0.5) is 0 Å². The summed E-state index contributed by atoms with van der Waals surface area (Å²) in [7, 11) is 2.98. The molecule has 0 spiro atoms. The summed E-state index contributed by atoms with van der Waals surface area (Å²) >= 11 is 1.28. The van der Waals surface area contributed by atoms with Crippen LogP contribution in [-0.4, -0.2) is 38.0 Å². The lowest BCUT2D eigenvalue weighted by Crippen LogP contribution is -2.39. The molecular weight excluding hydrogens is 516 g/mol. The molecule has 1 aliphatic heterocycles. The Morgan fingerprint density at radius 2 is 1.79 bits per heavy atom. The lowest BCUT2D eigenvalue weighted by atomic mass is 9.96. The van der Waals surface area contributed by atoms with E-state index in [1.165, 1.54) is 24.6 Å². The molecule has 0 fully saturated rings. The van der Waals surface area contributed by atoms with Crippen LogP contribution in [0.2, 0.25) is 0 Å². The molecule has 0 saturated carbocycles. The van der Waals surface area contributed by atoms with Gasteiger partial charge in [-0.05, 0) is 79.3 Å². The molecule has 0 radical (unpaired) electrons. The summed E-state index contributed by atoms with van der Waals surface area (Å²) in [5.74, 6) is 1.64. The highest BCUT2D eigenvalue weighted by molar-refractivity contribution is 7.07. The summed E-state index contributed by atoms with van der Waals surface area (Å²) < 4.78 is 24.2. The third-order valence-corrected chi connectivity index (χ3v) is 7.53.